The average molecular weight is 333 g/mol. The zero-order valence-electron chi connectivity index (χ0n) is 15.2. The quantitative estimate of drug-likeness (QED) is 0.814. The molecule has 6 nitrogen and oxygen atoms in total. The van der Waals surface area contributed by atoms with Gasteiger partial charge in [0, 0.05) is 71.7 Å². The Hall–Kier alpha value is -1.40. The number of piperazine rings is 1. The van der Waals surface area contributed by atoms with Crippen LogP contribution in [-0.2, 0) is 17.9 Å². The first-order chi connectivity index (χ1) is 11.7. The molecule has 2 aliphatic heterocycles. The largest absolute Gasteiger partial charge is 0.343 e. The number of piperidine rings is 1. The highest BCUT2D eigenvalue weighted by molar-refractivity contribution is 5.73. The summed E-state index contributed by atoms with van der Waals surface area (Å²) < 4.78 is 2.23. The highest BCUT2D eigenvalue weighted by atomic mass is 16.2. The summed E-state index contributed by atoms with van der Waals surface area (Å²) in [5.41, 5.74) is 0. The van der Waals surface area contributed by atoms with E-state index < -0.39 is 0 Å². The minimum absolute atomic E-state index is 0.229. The van der Waals surface area contributed by atoms with E-state index in [1.54, 1.807) is 6.92 Å². The van der Waals surface area contributed by atoms with Gasteiger partial charge in [-0.25, -0.2) is 4.98 Å². The number of aromatic nitrogens is 2. The van der Waals surface area contributed by atoms with Crippen LogP contribution in [0.2, 0.25) is 0 Å². The van der Waals surface area contributed by atoms with E-state index in [0.29, 0.717) is 0 Å². The van der Waals surface area contributed by atoms with E-state index in [2.05, 4.69) is 32.5 Å². The molecule has 134 valence electrons. The second-order valence-electron chi connectivity index (χ2n) is 7.16. The van der Waals surface area contributed by atoms with E-state index in [1.165, 1.54) is 12.4 Å². The number of hydrogen-bond acceptors (Lipinski definition) is 4. The molecule has 1 amide bonds. The molecule has 2 fully saturated rings. The molecule has 1 aromatic heterocycles. The van der Waals surface area contributed by atoms with Crippen LogP contribution < -0.4 is 0 Å². The maximum absolute atomic E-state index is 11.4. The predicted octanol–water partition coefficient (Wildman–Crippen LogP) is 1.28. The highest BCUT2D eigenvalue weighted by Crippen LogP contribution is 2.19. The van der Waals surface area contributed by atoms with Crippen molar-refractivity contribution in [2.45, 2.75) is 39.8 Å². The third-order valence-corrected chi connectivity index (χ3v) is 5.55. The maximum atomic E-state index is 11.4. The molecule has 0 unspecified atom stereocenters. The fourth-order valence-electron chi connectivity index (χ4n) is 3.91. The summed E-state index contributed by atoms with van der Waals surface area (Å²) >= 11 is 0. The number of amides is 1. The summed E-state index contributed by atoms with van der Waals surface area (Å²) in [7, 11) is 0. The van der Waals surface area contributed by atoms with Crippen molar-refractivity contribution in [3.63, 3.8) is 0 Å². The summed E-state index contributed by atoms with van der Waals surface area (Å²) in [4.78, 5) is 23.0. The molecule has 24 heavy (non-hydrogen) atoms. The van der Waals surface area contributed by atoms with Gasteiger partial charge in [-0.05, 0) is 25.7 Å². The van der Waals surface area contributed by atoms with Crippen molar-refractivity contribution in [2.24, 2.45) is 5.92 Å². The van der Waals surface area contributed by atoms with Crippen molar-refractivity contribution in [3.05, 3.63) is 18.2 Å². The van der Waals surface area contributed by atoms with Crippen molar-refractivity contribution < 1.29 is 4.79 Å². The molecule has 0 radical (unpaired) electrons. The topological polar surface area (TPSA) is 44.6 Å². The molecule has 6 heteroatoms. The van der Waals surface area contributed by atoms with Crippen molar-refractivity contribution >= 4 is 5.91 Å². The summed E-state index contributed by atoms with van der Waals surface area (Å²) in [5.74, 6) is 2.17. The normalized spacial score (nSPS) is 21.3. The second kappa shape index (κ2) is 8.12. The van der Waals surface area contributed by atoms with E-state index in [9.17, 15) is 4.79 Å². The average Bonchev–Trinajstić information content (AvgIpc) is 3.04. The Labute approximate surface area is 145 Å². The van der Waals surface area contributed by atoms with Crippen LogP contribution >= 0.6 is 0 Å². The fraction of sp³-hybridized carbons (Fsp3) is 0.778. The molecule has 3 rings (SSSR count). The summed E-state index contributed by atoms with van der Waals surface area (Å²) in [5, 5.41) is 0. The molecular formula is C18H31N5O. The Bertz CT molecular complexity index is 527. The molecule has 0 spiro atoms. The lowest BCUT2D eigenvalue weighted by atomic mass is 9.96. The lowest BCUT2D eigenvalue weighted by Gasteiger charge is -2.38. The van der Waals surface area contributed by atoms with Crippen LogP contribution in [0.3, 0.4) is 0 Å². The van der Waals surface area contributed by atoms with Gasteiger partial charge in [0.2, 0.25) is 5.91 Å². The van der Waals surface area contributed by atoms with Gasteiger partial charge in [0.25, 0.3) is 0 Å². The Balaban J connectivity index is 1.39. The van der Waals surface area contributed by atoms with Crippen molar-refractivity contribution in [2.75, 3.05) is 45.8 Å². The molecule has 2 saturated heterocycles. The monoisotopic (exact) mass is 333 g/mol. The highest BCUT2D eigenvalue weighted by Gasteiger charge is 2.25. The summed E-state index contributed by atoms with van der Waals surface area (Å²) in [6, 6.07) is 0. The SMILES string of the molecule is CCn1ccnc1CN1CCN(CC2CCN(C(C)=O)CC2)CC1. The number of likely N-dealkylation sites (tertiary alicyclic amines) is 1. The van der Waals surface area contributed by atoms with Gasteiger partial charge in [-0.15, -0.1) is 0 Å². The van der Waals surface area contributed by atoms with Gasteiger partial charge in [-0.3, -0.25) is 9.69 Å². The Morgan fingerprint density at radius 1 is 1.12 bits per heavy atom. The zero-order chi connectivity index (χ0) is 16.9. The fourth-order valence-corrected chi connectivity index (χ4v) is 3.91. The third-order valence-electron chi connectivity index (χ3n) is 5.55. The zero-order valence-corrected chi connectivity index (χ0v) is 15.2. The Morgan fingerprint density at radius 2 is 1.79 bits per heavy atom. The van der Waals surface area contributed by atoms with Gasteiger partial charge >= 0.3 is 0 Å². The van der Waals surface area contributed by atoms with E-state index >= 15 is 0 Å². The van der Waals surface area contributed by atoms with Gasteiger partial charge < -0.3 is 14.4 Å². The molecule has 0 N–H and O–H groups in total. The number of aryl methyl sites for hydroxylation is 1. The number of hydrogen-bond donors (Lipinski definition) is 0. The van der Waals surface area contributed by atoms with E-state index in [1.807, 2.05) is 11.1 Å². The van der Waals surface area contributed by atoms with Crippen LogP contribution in [-0.4, -0.2) is 76.0 Å². The molecule has 2 aliphatic rings. The van der Waals surface area contributed by atoms with Gasteiger partial charge in [-0.1, -0.05) is 0 Å². The minimum atomic E-state index is 0.229. The van der Waals surface area contributed by atoms with Gasteiger partial charge in [0.15, 0.2) is 0 Å². The van der Waals surface area contributed by atoms with Gasteiger partial charge in [-0.2, -0.15) is 0 Å². The molecule has 0 aromatic carbocycles. The van der Waals surface area contributed by atoms with Crippen LogP contribution in [0.4, 0.5) is 0 Å². The Kier molecular flexibility index (Phi) is 5.89. The van der Waals surface area contributed by atoms with Crippen LogP contribution in [0.25, 0.3) is 0 Å². The first-order valence-corrected chi connectivity index (χ1v) is 9.36. The number of carbonyl (C=O) groups is 1. The number of rotatable bonds is 5. The lowest BCUT2D eigenvalue weighted by Crippen LogP contribution is -2.48. The minimum Gasteiger partial charge on any atom is -0.343 e. The number of imidazole rings is 1. The van der Waals surface area contributed by atoms with Gasteiger partial charge in [0.05, 0.1) is 6.54 Å². The standard InChI is InChI=1S/C18H31N5O/c1-3-22-9-6-19-18(22)15-21-12-10-20(11-13-21)14-17-4-7-23(8-5-17)16(2)24/h6,9,17H,3-5,7-8,10-15H2,1-2H3. The smallest absolute Gasteiger partial charge is 0.219 e. The van der Waals surface area contributed by atoms with Crippen LogP contribution in [0.1, 0.15) is 32.5 Å². The number of carbonyl (C=O) groups excluding carboxylic acids is 1. The predicted molar refractivity (Wildman–Crippen MR) is 94.6 cm³/mol. The molecule has 0 aliphatic carbocycles. The molecular weight excluding hydrogens is 302 g/mol. The molecule has 1 aromatic rings. The molecule has 0 saturated carbocycles. The van der Waals surface area contributed by atoms with Crippen LogP contribution in [0, 0.1) is 5.92 Å². The first kappa shape index (κ1) is 17.4. The summed E-state index contributed by atoms with van der Waals surface area (Å²) in [6.45, 7) is 13.5. The Morgan fingerprint density at radius 3 is 2.42 bits per heavy atom. The number of nitrogens with zero attached hydrogens (tertiary/aromatic N) is 5. The first-order valence-electron chi connectivity index (χ1n) is 9.36. The second-order valence-corrected chi connectivity index (χ2v) is 7.16. The molecule has 0 bridgehead atoms. The lowest BCUT2D eigenvalue weighted by molar-refractivity contribution is -0.130. The van der Waals surface area contributed by atoms with E-state index in [4.69, 9.17) is 0 Å². The molecule has 0 atom stereocenters. The van der Waals surface area contributed by atoms with Crippen LogP contribution in [0.5, 0.6) is 0 Å². The summed E-state index contributed by atoms with van der Waals surface area (Å²) in [6.07, 6.45) is 6.29. The van der Waals surface area contributed by atoms with Crippen molar-refractivity contribution in [1.29, 1.82) is 0 Å². The van der Waals surface area contributed by atoms with Crippen molar-refractivity contribution in [3.8, 4) is 0 Å². The van der Waals surface area contributed by atoms with Crippen LogP contribution in [0.15, 0.2) is 12.4 Å². The maximum Gasteiger partial charge on any atom is 0.219 e. The van der Waals surface area contributed by atoms with E-state index in [-0.39, 0.29) is 5.91 Å². The van der Waals surface area contributed by atoms with E-state index in [0.717, 1.165) is 71.1 Å². The van der Waals surface area contributed by atoms with Crippen molar-refractivity contribution in [1.82, 2.24) is 24.3 Å². The third kappa shape index (κ3) is 4.36. The van der Waals surface area contributed by atoms with Gasteiger partial charge in [0.1, 0.15) is 5.82 Å². The molecule has 3 heterocycles.